The predicted molar refractivity (Wildman–Crippen MR) is 53.7 cm³/mol. The monoisotopic (exact) mass is 285 g/mol. The van der Waals surface area contributed by atoms with Crippen molar-refractivity contribution in [3.63, 3.8) is 0 Å². The Morgan fingerprint density at radius 2 is 1.89 bits per heavy atom. The van der Waals surface area contributed by atoms with Crippen molar-refractivity contribution in [3.05, 3.63) is 0 Å². The third kappa shape index (κ3) is 8.65. The molecule has 0 aliphatic rings. The fraction of sp³-hybridized carbons (Fsp3) is 0.571. The molecule has 1 amide bonds. The minimum Gasteiger partial charge on any atom is -0.480 e. The maximum Gasteiger partial charge on any atom is 0.505 e. The van der Waals surface area contributed by atoms with Crippen LogP contribution in [-0.4, -0.2) is 38.8 Å². The first-order valence-corrected chi connectivity index (χ1v) is 6.09. The van der Waals surface area contributed by atoms with E-state index < -0.39 is 38.1 Å². The Bertz CT molecular complexity index is 375. The number of amides is 1. The first-order valence-electron chi connectivity index (χ1n) is 4.56. The Morgan fingerprint density at radius 1 is 1.33 bits per heavy atom. The molecule has 0 aromatic carbocycles. The molecule has 0 rings (SSSR count). The van der Waals surface area contributed by atoms with Crippen LogP contribution in [0.15, 0.2) is 0 Å². The van der Waals surface area contributed by atoms with E-state index in [9.17, 15) is 18.9 Å². The second-order valence-electron chi connectivity index (χ2n) is 3.15. The van der Waals surface area contributed by atoms with Gasteiger partial charge in [-0.2, -0.15) is 0 Å². The molecule has 0 heterocycles. The van der Waals surface area contributed by atoms with Crippen molar-refractivity contribution in [2.75, 3.05) is 0 Å². The van der Waals surface area contributed by atoms with Crippen LogP contribution in [0.2, 0.25) is 0 Å². The summed E-state index contributed by atoms with van der Waals surface area (Å²) in [5.74, 6) is -3.12. The second kappa shape index (κ2) is 7.07. The number of aliphatic carboxylic acids is 1. The van der Waals surface area contributed by atoms with Gasteiger partial charge in [0.05, 0.1) is 6.42 Å². The molecule has 1 atom stereocenters. The average molecular weight is 285 g/mol. The van der Waals surface area contributed by atoms with Crippen LogP contribution in [-0.2, 0) is 28.5 Å². The zero-order chi connectivity index (χ0) is 14.3. The molecular weight excluding hydrogens is 273 g/mol. The molecule has 0 aliphatic carbocycles. The maximum absolute atomic E-state index is 10.9. The highest BCUT2D eigenvalue weighted by Gasteiger charge is 2.22. The van der Waals surface area contributed by atoms with Gasteiger partial charge in [0.1, 0.15) is 6.04 Å². The molecule has 10 nitrogen and oxygen atoms in total. The molecule has 0 saturated carbocycles. The lowest BCUT2D eigenvalue weighted by molar-refractivity contribution is -0.222. The molecule has 0 aromatic rings. The first-order chi connectivity index (χ1) is 8.11. The zero-order valence-electron chi connectivity index (χ0n) is 9.23. The van der Waals surface area contributed by atoms with Gasteiger partial charge in [-0.15, -0.1) is 0 Å². The summed E-state index contributed by atoms with van der Waals surface area (Å²) in [5.41, 5.74) is 0. The summed E-state index contributed by atoms with van der Waals surface area (Å²) in [4.78, 5) is 52.3. The van der Waals surface area contributed by atoms with Crippen LogP contribution in [0, 0.1) is 0 Å². The number of carboxylic acid groups (broad SMARTS) is 1. The Kier molecular flexibility index (Phi) is 6.48. The lowest BCUT2D eigenvalue weighted by Crippen LogP contribution is -2.39. The molecule has 0 aliphatic heterocycles. The predicted octanol–water partition coefficient (Wildman–Crippen LogP) is -1.08. The first kappa shape index (κ1) is 16.5. The molecule has 0 spiro atoms. The van der Waals surface area contributed by atoms with Gasteiger partial charge in [-0.1, -0.05) is 4.67 Å². The van der Waals surface area contributed by atoms with Crippen molar-refractivity contribution in [3.8, 4) is 0 Å². The summed E-state index contributed by atoms with van der Waals surface area (Å²) in [6.45, 7) is 1.10. The Labute approximate surface area is 101 Å². The summed E-state index contributed by atoms with van der Waals surface area (Å²) in [7, 11) is -4.94. The van der Waals surface area contributed by atoms with E-state index in [0.29, 0.717) is 0 Å². The fourth-order valence-corrected chi connectivity index (χ4v) is 1.08. The summed E-state index contributed by atoms with van der Waals surface area (Å²) < 4.78 is 13.6. The van der Waals surface area contributed by atoms with E-state index in [1.54, 1.807) is 0 Å². The Balaban J connectivity index is 4.12. The number of carbonyl (C=O) groups is 3. The molecule has 0 fully saturated rings. The van der Waals surface area contributed by atoms with E-state index in [0.717, 1.165) is 6.92 Å². The van der Waals surface area contributed by atoms with Gasteiger partial charge in [0.15, 0.2) is 0 Å². The molecule has 0 aromatic heterocycles. The van der Waals surface area contributed by atoms with Gasteiger partial charge in [0, 0.05) is 6.92 Å². The normalized spacial score (nSPS) is 12.6. The van der Waals surface area contributed by atoms with E-state index in [1.165, 1.54) is 0 Å². The Morgan fingerprint density at radius 3 is 2.28 bits per heavy atom. The van der Waals surface area contributed by atoms with Crippen LogP contribution < -0.4 is 5.32 Å². The summed E-state index contributed by atoms with van der Waals surface area (Å²) in [6.07, 6.45) is -0.810. The number of nitrogens with one attached hydrogen (secondary N) is 1. The highest BCUT2D eigenvalue weighted by atomic mass is 31.2. The van der Waals surface area contributed by atoms with Crippen LogP contribution in [0.5, 0.6) is 0 Å². The molecule has 0 radical (unpaired) electrons. The van der Waals surface area contributed by atoms with Gasteiger partial charge in [0.25, 0.3) is 0 Å². The van der Waals surface area contributed by atoms with E-state index in [1.807, 2.05) is 0 Å². The van der Waals surface area contributed by atoms with E-state index in [4.69, 9.17) is 14.9 Å². The summed E-state index contributed by atoms with van der Waals surface area (Å²) >= 11 is 0. The molecule has 4 N–H and O–H groups in total. The molecule has 104 valence electrons. The molecule has 18 heavy (non-hydrogen) atoms. The number of phosphoric acid groups is 1. The lowest BCUT2D eigenvalue weighted by atomic mass is 10.1. The topological polar surface area (TPSA) is 159 Å². The van der Waals surface area contributed by atoms with Gasteiger partial charge in [0.2, 0.25) is 5.91 Å². The summed E-state index contributed by atoms with van der Waals surface area (Å²) in [5, 5.41) is 10.7. The standard InChI is InChI=1S/C7H12NO9P/c1-4(9)8-5(7(11)12)2-3-6(10)16-17-18(13,14)15/h5H,2-3H2,1H3,(H,8,9)(H,11,12)(H2,13,14,15)/t5-/m0/s1. The van der Waals surface area contributed by atoms with Crippen molar-refractivity contribution in [2.24, 2.45) is 0 Å². The molecule has 0 saturated heterocycles. The number of carbonyl (C=O) groups excluding carboxylic acids is 2. The smallest absolute Gasteiger partial charge is 0.480 e. The lowest BCUT2D eigenvalue weighted by Gasteiger charge is -2.12. The number of hydrogen-bond acceptors (Lipinski definition) is 6. The SMILES string of the molecule is CC(=O)N[C@@H](CCC(=O)OOP(=O)(O)O)C(=O)O. The van der Waals surface area contributed by atoms with Crippen molar-refractivity contribution >= 4 is 25.7 Å². The van der Waals surface area contributed by atoms with Crippen LogP contribution in [0.1, 0.15) is 19.8 Å². The van der Waals surface area contributed by atoms with Crippen molar-refractivity contribution < 1.29 is 43.4 Å². The van der Waals surface area contributed by atoms with E-state index in [2.05, 4.69) is 14.9 Å². The Hall–Kier alpha value is -1.48. The number of carboxylic acids is 1. The largest absolute Gasteiger partial charge is 0.505 e. The molecular formula is C7H12NO9P. The van der Waals surface area contributed by atoms with Crippen LogP contribution in [0.3, 0.4) is 0 Å². The van der Waals surface area contributed by atoms with Crippen molar-refractivity contribution in [2.45, 2.75) is 25.8 Å². The van der Waals surface area contributed by atoms with Crippen LogP contribution in [0.4, 0.5) is 0 Å². The van der Waals surface area contributed by atoms with Gasteiger partial charge < -0.3 is 20.2 Å². The third-order valence-corrected chi connectivity index (χ3v) is 1.81. The quantitative estimate of drug-likeness (QED) is 0.259. The molecule has 0 unspecified atom stereocenters. The second-order valence-corrected chi connectivity index (χ2v) is 4.28. The van der Waals surface area contributed by atoms with E-state index >= 15 is 0 Å². The van der Waals surface area contributed by atoms with Crippen molar-refractivity contribution in [1.82, 2.24) is 5.32 Å². The van der Waals surface area contributed by atoms with Gasteiger partial charge in [-0.05, 0) is 6.42 Å². The summed E-state index contributed by atoms with van der Waals surface area (Å²) in [6, 6.07) is -1.30. The fourth-order valence-electron chi connectivity index (χ4n) is 0.897. The van der Waals surface area contributed by atoms with Gasteiger partial charge in [-0.25, -0.2) is 14.2 Å². The third-order valence-electron chi connectivity index (χ3n) is 1.54. The minimum atomic E-state index is -4.94. The maximum atomic E-state index is 10.9. The number of hydrogen-bond donors (Lipinski definition) is 4. The average Bonchev–Trinajstić information content (AvgIpc) is 2.19. The number of rotatable bonds is 7. The van der Waals surface area contributed by atoms with Crippen LogP contribution in [0.25, 0.3) is 0 Å². The highest BCUT2D eigenvalue weighted by Crippen LogP contribution is 2.36. The van der Waals surface area contributed by atoms with Crippen LogP contribution >= 0.6 is 7.82 Å². The van der Waals surface area contributed by atoms with Crippen molar-refractivity contribution in [1.29, 1.82) is 0 Å². The van der Waals surface area contributed by atoms with Gasteiger partial charge in [-0.3, -0.25) is 9.68 Å². The molecule has 11 heteroatoms. The minimum absolute atomic E-state index is 0.307. The molecule has 0 bridgehead atoms. The van der Waals surface area contributed by atoms with Gasteiger partial charge >= 0.3 is 19.8 Å². The zero-order valence-corrected chi connectivity index (χ0v) is 10.1. The van der Waals surface area contributed by atoms with E-state index in [-0.39, 0.29) is 6.42 Å². The highest BCUT2D eigenvalue weighted by molar-refractivity contribution is 7.46.